The van der Waals surface area contributed by atoms with E-state index in [9.17, 15) is 9.59 Å². The van der Waals surface area contributed by atoms with Crippen LogP contribution in [0.25, 0.3) is 22.3 Å². The van der Waals surface area contributed by atoms with Gasteiger partial charge in [0.05, 0.1) is 12.7 Å². The summed E-state index contributed by atoms with van der Waals surface area (Å²) in [6.07, 6.45) is 5.24. The smallest absolute Gasteiger partial charge is 0.410 e. The molecule has 1 aliphatic heterocycles. The van der Waals surface area contributed by atoms with Gasteiger partial charge in [-0.15, -0.1) is 0 Å². The fourth-order valence-corrected chi connectivity index (χ4v) is 4.80. The molecule has 10 nitrogen and oxygen atoms in total. The number of carbonyl (C=O) groups excluding carboxylic acids is 1. The second-order valence-electron chi connectivity index (χ2n) is 11.6. The number of fused-ring (bicyclic) bond motifs is 1. The lowest BCUT2D eigenvalue weighted by Crippen LogP contribution is -2.36. The normalized spacial score (nSPS) is 16.4. The predicted molar refractivity (Wildman–Crippen MR) is 145 cm³/mol. The summed E-state index contributed by atoms with van der Waals surface area (Å²) in [5, 5.41) is 0. The number of nitrogens with one attached hydrogen (secondary N) is 1. The van der Waals surface area contributed by atoms with Crippen molar-refractivity contribution in [1.82, 2.24) is 24.4 Å². The van der Waals surface area contributed by atoms with Crippen molar-refractivity contribution in [2.45, 2.75) is 71.3 Å². The van der Waals surface area contributed by atoms with Gasteiger partial charge in [-0.25, -0.2) is 14.8 Å². The van der Waals surface area contributed by atoms with Gasteiger partial charge in [0.15, 0.2) is 5.65 Å². The summed E-state index contributed by atoms with van der Waals surface area (Å²) in [5.74, 6) is 0.368. The molecule has 0 saturated carbocycles. The number of hydrogen-bond acceptors (Lipinski definition) is 7. The SMILES string of the molecule is CC(C)(C)OC(=O)N1CCC(Oc2cnc3c(n2)c(-c2cc[nH]c(=O)c2)cn3COCC[Si](C)(C)C)C1. The molecule has 0 bridgehead atoms. The standard InChI is InChI=1S/C26H37N5O5Si/c1-26(2,3)36-25(33)30-10-8-19(15-30)35-22-14-28-24-23(29-22)20(18-7-9-27-21(32)13-18)16-31(24)17-34-11-12-37(4,5)6/h7,9,13-14,16,19H,8,10-12,15,17H2,1-6H3,(H,27,32). The van der Waals surface area contributed by atoms with Crippen LogP contribution in [0.3, 0.4) is 0 Å². The van der Waals surface area contributed by atoms with Crippen molar-refractivity contribution in [2.24, 2.45) is 0 Å². The minimum atomic E-state index is -1.20. The highest BCUT2D eigenvalue weighted by Crippen LogP contribution is 2.30. The highest BCUT2D eigenvalue weighted by atomic mass is 28.3. The zero-order valence-electron chi connectivity index (χ0n) is 22.5. The van der Waals surface area contributed by atoms with Crippen LogP contribution in [0, 0.1) is 0 Å². The van der Waals surface area contributed by atoms with Crippen LogP contribution >= 0.6 is 0 Å². The molecule has 1 unspecified atom stereocenters. The largest absolute Gasteiger partial charge is 0.471 e. The number of amides is 1. The van der Waals surface area contributed by atoms with Crippen LogP contribution in [-0.2, 0) is 16.2 Å². The van der Waals surface area contributed by atoms with Gasteiger partial charge in [0.1, 0.15) is 24.0 Å². The van der Waals surface area contributed by atoms with E-state index >= 15 is 0 Å². The average molecular weight is 528 g/mol. The van der Waals surface area contributed by atoms with E-state index in [4.69, 9.17) is 19.2 Å². The topological polar surface area (TPSA) is 112 Å². The number of H-pyrrole nitrogens is 1. The van der Waals surface area contributed by atoms with Gasteiger partial charge in [-0.05, 0) is 38.4 Å². The molecule has 0 aromatic carbocycles. The third-order valence-electron chi connectivity index (χ3n) is 5.94. The first-order valence-corrected chi connectivity index (χ1v) is 16.4. The van der Waals surface area contributed by atoms with Crippen LogP contribution in [0.1, 0.15) is 27.2 Å². The van der Waals surface area contributed by atoms with E-state index in [1.54, 1.807) is 17.3 Å². The number of aromatic nitrogens is 4. The van der Waals surface area contributed by atoms with Crippen molar-refractivity contribution >= 4 is 25.3 Å². The van der Waals surface area contributed by atoms with E-state index in [-0.39, 0.29) is 17.8 Å². The number of likely N-dealkylation sites (tertiary alicyclic amines) is 1. The summed E-state index contributed by atoms with van der Waals surface area (Å²) in [6, 6.07) is 4.44. The van der Waals surface area contributed by atoms with E-state index in [1.165, 1.54) is 6.07 Å². The third-order valence-corrected chi connectivity index (χ3v) is 7.64. The number of rotatable bonds is 8. The molecule has 1 amide bonds. The van der Waals surface area contributed by atoms with Gasteiger partial charge in [-0.1, -0.05) is 19.6 Å². The first kappa shape index (κ1) is 26.9. The highest BCUT2D eigenvalue weighted by Gasteiger charge is 2.31. The summed E-state index contributed by atoms with van der Waals surface area (Å²) in [5.41, 5.74) is 2.04. The van der Waals surface area contributed by atoms with Gasteiger partial charge >= 0.3 is 6.09 Å². The Bertz CT molecular complexity index is 1310. The molecule has 200 valence electrons. The lowest BCUT2D eigenvalue weighted by Gasteiger charge is -2.24. The van der Waals surface area contributed by atoms with Gasteiger partial charge in [0.2, 0.25) is 11.4 Å². The Morgan fingerprint density at radius 3 is 2.76 bits per heavy atom. The zero-order chi connectivity index (χ0) is 26.8. The summed E-state index contributed by atoms with van der Waals surface area (Å²) in [7, 11) is -1.20. The van der Waals surface area contributed by atoms with Gasteiger partial charge in [-0.2, -0.15) is 0 Å². The van der Waals surface area contributed by atoms with Gasteiger partial charge in [-0.3, -0.25) is 4.79 Å². The van der Waals surface area contributed by atoms with Crippen molar-refractivity contribution in [2.75, 3.05) is 19.7 Å². The molecule has 0 spiro atoms. The molecule has 1 atom stereocenters. The third kappa shape index (κ3) is 7.19. The van der Waals surface area contributed by atoms with Crippen molar-refractivity contribution in [3.05, 3.63) is 41.1 Å². The molecule has 11 heteroatoms. The molecular formula is C26H37N5O5Si. The Morgan fingerprint density at radius 2 is 2.05 bits per heavy atom. The van der Waals surface area contributed by atoms with Crippen LogP contribution in [0.15, 0.2) is 35.5 Å². The minimum Gasteiger partial charge on any atom is -0.471 e. The first-order valence-electron chi connectivity index (χ1n) is 12.7. The lowest BCUT2D eigenvalue weighted by atomic mass is 10.1. The fraction of sp³-hybridized carbons (Fsp3) is 0.538. The molecule has 1 aliphatic rings. The van der Waals surface area contributed by atoms with E-state index in [2.05, 4.69) is 29.6 Å². The molecule has 3 aromatic rings. The first-order chi connectivity index (χ1) is 17.4. The highest BCUT2D eigenvalue weighted by molar-refractivity contribution is 6.76. The summed E-state index contributed by atoms with van der Waals surface area (Å²) in [4.78, 5) is 38.1. The van der Waals surface area contributed by atoms with Crippen LogP contribution in [0.5, 0.6) is 5.88 Å². The van der Waals surface area contributed by atoms with E-state index in [0.29, 0.717) is 49.9 Å². The van der Waals surface area contributed by atoms with Gasteiger partial charge in [0.25, 0.3) is 0 Å². The molecule has 4 rings (SSSR count). The number of ether oxygens (including phenoxy) is 3. The number of aromatic amines is 1. The molecule has 1 fully saturated rings. The molecule has 3 aromatic heterocycles. The quantitative estimate of drug-likeness (QED) is 0.339. The van der Waals surface area contributed by atoms with Crippen LogP contribution < -0.4 is 10.3 Å². The molecule has 0 aliphatic carbocycles. The second-order valence-corrected chi connectivity index (χ2v) is 17.3. The van der Waals surface area contributed by atoms with Crippen molar-refractivity contribution in [3.63, 3.8) is 0 Å². The predicted octanol–water partition coefficient (Wildman–Crippen LogP) is 4.49. The van der Waals surface area contributed by atoms with Gasteiger partial charge < -0.3 is 28.7 Å². The lowest BCUT2D eigenvalue weighted by molar-refractivity contribution is 0.0275. The Labute approximate surface area is 218 Å². The Hall–Kier alpha value is -3.18. The van der Waals surface area contributed by atoms with Crippen molar-refractivity contribution < 1.29 is 19.0 Å². The maximum atomic E-state index is 12.4. The van der Waals surface area contributed by atoms with E-state index < -0.39 is 13.7 Å². The Morgan fingerprint density at radius 1 is 1.27 bits per heavy atom. The molecule has 1 saturated heterocycles. The maximum absolute atomic E-state index is 12.4. The summed E-state index contributed by atoms with van der Waals surface area (Å²) < 4.78 is 19.5. The zero-order valence-corrected chi connectivity index (χ0v) is 23.5. The number of nitrogens with zero attached hydrogens (tertiary/aromatic N) is 4. The number of hydrogen-bond donors (Lipinski definition) is 1. The van der Waals surface area contributed by atoms with Crippen LogP contribution in [0.4, 0.5) is 4.79 Å². The average Bonchev–Trinajstić information content (AvgIpc) is 3.40. The molecule has 4 heterocycles. The van der Waals surface area contributed by atoms with Gasteiger partial charge in [0, 0.05) is 51.7 Å². The number of pyridine rings is 1. The molecule has 1 N–H and O–H groups in total. The molecular weight excluding hydrogens is 490 g/mol. The van der Waals surface area contributed by atoms with Crippen LogP contribution in [0.2, 0.25) is 25.7 Å². The monoisotopic (exact) mass is 527 g/mol. The van der Waals surface area contributed by atoms with Crippen molar-refractivity contribution in [3.8, 4) is 17.0 Å². The Balaban J connectivity index is 1.54. The summed E-state index contributed by atoms with van der Waals surface area (Å²) >= 11 is 0. The maximum Gasteiger partial charge on any atom is 0.410 e. The molecule has 37 heavy (non-hydrogen) atoms. The van der Waals surface area contributed by atoms with E-state index in [1.807, 2.05) is 37.6 Å². The summed E-state index contributed by atoms with van der Waals surface area (Å²) in [6.45, 7) is 14.5. The fourth-order valence-electron chi connectivity index (χ4n) is 4.04. The minimum absolute atomic E-state index is 0.196. The number of carbonyl (C=O) groups is 1. The van der Waals surface area contributed by atoms with Crippen LogP contribution in [-0.4, -0.2) is 70.0 Å². The van der Waals surface area contributed by atoms with E-state index in [0.717, 1.165) is 17.2 Å². The Kier molecular flexibility index (Phi) is 7.74. The molecule has 0 radical (unpaired) electrons. The van der Waals surface area contributed by atoms with Crippen molar-refractivity contribution in [1.29, 1.82) is 0 Å². The second kappa shape index (κ2) is 10.7.